The number of anilines is 2. The van der Waals surface area contributed by atoms with Crippen molar-refractivity contribution in [2.45, 2.75) is 24.7 Å². The van der Waals surface area contributed by atoms with Crippen LogP contribution < -0.4 is 4.90 Å². The van der Waals surface area contributed by atoms with Crippen LogP contribution in [0.1, 0.15) is 41.7 Å². The molecule has 0 unspecified atom stereocenters. The molecule has 3 heteroatoms. The number of nitrogens with zero attached hydrogens (tertiary/aromatic N) is 3. The first-order chi connectivity index (χ1) is 23.0. The molecule has 224 valence electrons. The van der Waals surface area contributed by atoms with Crippen LogP contribution in [0.15, 0.2) is 163 Å². The summed E-state index contributed by atoms with van der Waals surface area (Å²) in [5, 5.41) is 0. The van der Waals surface area contributed by atoms with Crippen molar-refractivity contribution in [3.63, 3.8) is 0 Å². The maximum Gasteiger partial charge on any atom is 0.142 e. The Hall–Kier alpha value is -5.80. The lowest BCUT2D eigenvalue weighted by atomic mass is 9.70. The maximum absolute atomic E-state index is 4.70. The predicted octanol–water partition coefficient (Wildman–Crippen LogP) is 10.6. The molecule has 1 aliphatic heterocycles. The van der Waals surface area contributed by atoms with Crippen LogP contribution in [0.25, 0.3) is 33.4 Å². The quantitative estimate of drug-likeness (QED) is 0.187. The van der Waals surface area contributed by atoms with Gasteiger partial charge in [0.05, 0.1) is 11.1 Å². The fourth-order valence-electron chi connectivity index (χ4n) is 8.56. The lowest BCUT2D eigenvalue weighted by molar-refractivity contribution is 0.616. The first-order valence-electron chi connectivity index (χ1n) is 16.1. The number of pyridine rings is 1. The van der Waals surface area contributed by atoms with E-state index in [1.165, 1.54) is 61.2 Å². The number of fused-ring (bicyclic) bond motifs is 11. The summed E-state index contributed by atoms with van der Waals surface area (Å²) in [7, 11) is 0. The molecule has 5 aromatic carbocycles. The number of allylic oxidation sites excluding steroid dienone is 2. The van der Waals surface area contributed by atoms with E-state index < -0.39 is 0 Å². The van der Waals surface area contributed by atoms with Crippen molar-refractivity contribution in [3.05, 3.63) is 185 Å². The Labute approximate surface area is 275 Å². The number of aromatic nitrogens is 1. The molecule has 0 radical (unpaired) electrons. The molecule has 1 spiro atoms. The van der Waals surface area contributed by atoms with Gasteiger partial charge in [-0.15, -0.1) is 0 Å². The van der Waals surface area contributed by atoms with Crippen LogP contribution in [0.5, 0.6) is 0 Å². The topological polar surface area (TPSA) is 28.5 Å². The number of hydrogen-bond acceptors (Lipinski definition) is 3. The van der Waals surface area contributed by atoms with Gasteiger partial charge in [0.25, 0.3) is 0 Å². The molecule has 0 fully saturated rings. The van der Waals surface area contributed by atoms with Crippen LogP contribution in [0, 0.1) is 0 Å². The molecule has 0 saturated carbocycles. The van der Waals surface area contributed by atoms with Gasteiger partial charge in [-0.3, -0.25) is 4.90 Å². The average molecular weight is 604 g/mol. The van der Waals surface area contributed by atoms with Crippen molar-refractivity contribution >= 4 is 18.2 Å². The fraction of sp³-hybridized carbons (Fsp3) is 0.0909. The van der Waals surface area contributed by atoms with Gasteiger partial charge in [-0.1, -0.05) is 124 Å². The van der Waals surface area contributed by atoms with E-state index in [9.17, 15) is 0 Å². The second-order valence-corrected chi connectivity index (χ2v) is 13.1. The summed E-state index contributed by atoms with van der Waals surface area (Å²) in [5.41, 5.74) is 15.5. The monoisotopic (exact) mass is 603 g/mol. The van der Waals surface area contributed by atoms with Gasteiger partial charge in [0, 0.05) is 17.2 Å². The van der Waals surface area contributed by atoms with Crippen LogP contribution >= 0.6 is 0 Å². The summed E-state index contributed by atoms with van der Waals surface area (Å²) in [6.45, 7) is 12.6. The van der Waals surface area contributed by atoms with Crippen LogP contribution in [0.4, 0.5) is 11.5 Å². The van der Waals surface area contributed by atoms with Gasteiger partial charge in [0.2, 0.25) is 0 Å². The molecule has 6 aromatic rings. The van der Waals surface area contributed by atoms with Crippen molar-refractivity contribution in [2.75, 3.05) is 4.90 Å². The van der Waals surface area contributed by atoms with Crippen LogP contribution in [0.3, 0.4) is 0 Å². The van der Waals surface area contributed by atoms with Gasteiger partial charge in [0.1, 0.15) is 11.6 Å². The maximum atomic E-state index is 4.70. The largest absolute Gasteiger partial charge is 0.278 e. The van der Waals surface area contributed by atoms with Crippen molar-refractivity contribution in [1.29, 1.82) is 0 Å². The minimum atomic E-state index is -0.373. The zero-order valence-electron chi connectivity index (χ0n) is 26.5. The smallest absolute Gasteiger partial charge is 0.142 e. The SMILES string of the molecule is C=CC1=C(N=C)N(c2ccccn2)c2ccc(-c3ccc4c(c3)C3(c5ccccc5-c5ccccc53)c3ccccc3-4)cc2C1(C)C. The number of hydrogen-bond donors (Lipinski definition) is 0. The molecule has 0 atom stereocenters. The summed E-state index contributed by atoms with van der Waals surface area (Å²) >= 11 is 0. The Bertz CT molecular complexity index is 2260. The summed E-state index contributed by atoms with van der Waals surface area (Å²) < 4.78 is 0. The zero-order chi connectivity index (χ0) is 31.9. The normalized spacial score (nSPS) is 15.8. The van der Waals surface area contributed by atoms with E-state index >= 15 is 0 Å². The van der Waals surface area contributed by atoms with Gasteiger partial charge in [-0.2, -0.15) is 0 Å². The predicted molar refractivity (Wildman–Crippen MR) is 194 cm³/mol. The van der Waals surface area contributed by atoms with Gasteiger partial charge in [0.15, 0.2) is 0 Å². The van der Waals surface area contributed by atoms with E-state index in [-0.39, 0.29) is 10.8 Å². The average Bonchev–Trinajstić information content (AvgIpc) is 3.59. The molecule has 0 amide bonds. The molecule has 3 nitrogen and oxygen atoms in total. The van der Waals surface area contributed by atoms with E-state index in [1.807, 2.05) is 30.5 Å². The minimum Gasteiger partial charge on any atom is -0.278 e. The third kappa shape index (κ3) is 3.51. The van der Waals surface area contributed by atoms with E-state index in [1.54, 1.807) is 0 Å². The second kappa shape index (κ2) is 9.85. The van der Waals surface area contributed by atoms with Crippen molar-refractivity contribution in [3.8, 4) is 33.4 Å². The number of aliphatic imine (C=N–C) groups is 1. The Morgan fingerprint density at radius 2 is 1.15 bits per heavy atom. The Morgan fingerprint density at radius 1 is 0.617 bits per heavy atom. The van der Waals surface area contributed by atoms with Gasteiger partial charge in [-0.05, 0) is 98.2 Å². The molecule has 47 heavy (non-hydrogen) atoms. The highest BCUT2D eigenvalue weighted by Gasteiger charge is 2.51. The first-order valence-corrected chi connectivity index (χ1v) is 16.1. The molecule has 0 bridgehead atoms. The van der Waals surface area contributed by atoms with E-state index in [2.05, 4.69) is 146 Å². The molecular formula is C44H33N3. The third-order valence-corrected chi connectivity index (χ3v) is 10.6. The molecule has 2 aliphatic carbocycles. The molecule has 2 heterocycles. The zero-order valence-corrected chi connectivity index (χ0v) is 26.5. The molecular weight excluding hydrogens is 571 g/mol. The molecule has 0 N–H and O–H groups in total. The second-order valence-electron chi connectivity index (χ2n) is 13.1. The Kier molecular flexibility index (Phi) is 5.76. The lowest BCUT2D eigenvalue weighted by Gasteiger charge is -2.41. The van der Waals surface area contributed by atoms with Crippen molar-refractivity contribution < 1.29 is 0 Å². The summed E-state index contributed by atoms with van der Waals surface area (Å²) in [4.78, 5) is 11.3. The standard InChI is InChI=1S/C44H33N3/c1-5-34-42(45-4)47(41-20-12-13-25-46-41)40-24-22-29(27-39(40)43(34,2)3)28-21-23-33-32-16-8-11-19-37(32)44(38(33)26-28)35-17-9-6-14-30(35)31-15-7-10-18-36(31)44/h5-27H,1,4H2,2-3H3. The van der Waals surface area contributed by atoms with Gasteiger partial charge >= 0.3 is 0 Å². The summed E-state index contributed by atoms with van der Waals surface area (Å²) in [6, 6.07) is 46.7. The van der Waals surface area contributed by atoms with Crippen molar-refractivity contribution in [1.82, 2.24) is 4.98 Å². The molecule has 9 rings (SSSR count). The highest BCUT2D eigenvalue weighted by molar-refractivity contribution is 5.96. The first kappa shape index (κ1) is 27.5. The summed E-state index contributed by atoms with van der Waals surface area (Å²) in [5.74, 6) is 1.56. The van der Waals surface area contributed by atoms with E-state index in [0.29, 0.717) is 0 Å². The molecule has 1 aromatic heterocycles. The molecule has 0 saturated heterocycles. The van der Waals surface area contributed by atoms with E-state index in [4.69, 9.17) is 4.98 Å². The molecule has 3 aliphatic rings. The Morgan fingerprint density at radius 3 is 1.70 bits per heavy atom. The number of rotatable bonds is 4. The third-order valence-electron chi connectivity index (χ3n) is 10.6. The lowest BCUT2D eigenvalue weighted by Crippen LogP contribution is -2.33. The summed E-state index contributed by atoms with van der Waals surface area (Å²) in [6.07, 6.45) is 3.73. The highest BCUT2D eigenvalue weighted by atomic mass is 15.3. The van der Waals surface area contributed by atoms with Crippen molar-refractivity contribution in [2.24, 2.45) is 4.99 Å². The van der Waals surface area contributed by atoms with Crippen LogP contribution in [-0.2, 0) is 10.8 Å². The van der Waals surface area contributed by atoms with Gasteiger partial charge in [-0.25, -0.2) is 9.98 Å². The van der Waals surface area contributed by atoms with Crippen LogP contribution in [0.2, 0.25) is 0 Å². The van der Waals surface area contributed by atoms with E-state index in [0.717, 1.165) is 22.9 Å². The Balaban J connectivity index is 1.28. The number of benzene rings is 5. The van der Waals surface area contributed by atoms with Crippen LogP contribution in [-0.4, -0.2) is 11.7 Å². The van der Waals surface area contributed by atoms with Gasteiger partial charge < -0.3 is 0 Å². The minimum absolute atomic E-state index is 0.355. The highest BCUT2D eigenvalue weighted by Crippen LogP contribution is 2.63. The fourth-order valence-corrected chi connectivity index (χ4v) is 8.56.